The number of aryl methyl sites for hydroxylation is 2. The molecule has 0 aliphatic carbocycles. The summed E-state index contributed by atoms with van der Waals surface area (Å²) in [5.74, 6) is 1.11. The number of halogens is 1. The lowest BCUT2D eigenvalue weighted by molar-refractivity contribution is -0.127. The maximum absolute atomic E-state index is 12.1. The van der Waals surface area contributed by atoms with E-state index in [4.69, 9.17) is 4.74 Å². The Labute approximate surface area is 194 Å². The molecule has 2 aromatic carbocycles. The van der Waals surface area contributed by atoms with E-state index >= 15 is 0 Å². The second kappa shape index (κ2) is 10.7. The summed E-state index contributed by atoms with van der Waals surface area (Å²) in [5, 5.41) is 3.44. The summed E-state index contributed by atoms with van der Waals surface area (Å²) in [5.41, 5.74) is 4.02. The van der Waals surface area contributed by atoms with Crippen LogP contribution in [0.1, 0.15) is 30.4 Å². The topological polar surface area (TPSA) is 68.5 Å². The van der Waals surface area contributed by atoms with Gasteiger partial charge >= 0.3 is 5.69 Å². The van der Waals surface area contributed by atoms with Gasteiger partial charge in [-0.05, 0) is 54.8 Å². The maximum Gasteiger partial charge on any atom is 0.328 e. The number of carbonyl (C=O) groups excluding carboxylic acids is 1. The molecule has 1 N–H and O–H groups in total. The molecule has 0 bridgehead atoms. The van der Waals surface area contributed by atoms with Crippen molar-refractivity contribution in [1.82, 2.24) is 19.4 Å². The molecule has 3 aromatic rings. The fraction of sp³-hybridized carbons (Fsp3) is 0.417. The second-order valence-corrected chi connectivity index (χ2v) is 8.17. The van der Waals surface area contributed by atoms with Gasteiger partial charge in [-0.25, -0.2) is 4.79 Å². The molecule has 1 fully saturated rings. The quantitative estimate of drug-likeness (QED) is 0.500. The molecule has 4 rings (SSSR count). The molecule has 1 aromatic heterocycles. The highest BCUT2D eigenvalue weighted by molar-refractivity contribution is 5.85. The van der Waals surface area contributed by atoms with Crippen molar-refractivity contribution in [2.45, 2.75) is 32.4 Å². The zero-order valence-electron chi connectivity index (χ0n) is 18.7. The zero-order chi connectivity index (χ0) is 21.8. The SMILES string of the molecule is Cl.Cn1c(=O)n(C)c2cc(COc3ccc(CNCCCN4CCCC4=O)cc3)ccc21. The molecule has 2 heterocycles. The Morgan fingerprint density at radius 2 is 1.69 bits per heavy atom. The first kappa shape index (κ1) is 23.9. The van der Waals surface area contributed by atoms with Crippen LogP contribution in [0.5, 0.6) is 5.75 Å². The van der Waals surface area contributed by atoms with Gasteiger partial charge in [0.05, 0.1) is 11.0 Å². The van der Waals surface area contributed by atoms with Crippen LogP contribution in [0.15, 0.2) is 47.3 Å². The van der Waals surface area contributed by atoms with Crippen molar-refractivity contribution < 1.29 is 9.53 Å². The normalized spacial score (nSPS) is 13.6. The van der Waals surface area contributed by atoms with Gasteiger partial charge in [0.1, 0.15) is 12.4 Å². The molecule has 32 heavy (non-hydrogen) atoms. The Balaban J connectivity index is 0.00000289. The average Bonchev–Trinajstić information content (AvgIpc) is 3.29. The molecule has 1 amide bonds. The smallest absolute Gasteiger partial charge is 0.328 e. The van der Waals surface area contributed by atoms with Gasteiger partial charge in [0.25, 0.3) is 0 Å². The number of hydrogen-bond donors (Lipinski definition) is 1. The molecule has 8 heteroatoms. The fourth-order valence-corrected chi connectivity index (χ4v) is 4.08. The third-order valence-corrected chi connectivity index (χ3v) is 5.95. The Morgan fingerprint density at radius 1 is 0.969 bits per heavy atom. The lowest BCUT2D eigenvalue weighted by atomic mass is 10.2. The van der Waals surface area contributed by atoms with Gasteiger partial charge in [0.2, 0.25) is 5.91 Å². The van der Waals surface area contributed by atoms with Gasteiger partial charge in [0.15, 0.2) is 0 Å². The summed E-state index contributed by atoms with van der Waals surface area (Å²) in [6.45, 7) is 3.91. The lowest BCUT2D eigenvalue weighted by Gasteiger charge is -2.15. The van der Waals surface area contributed by atoms with Crippen LogP contribution < -0.4 is 15.7 Å². The Hall–Kier alpha value is -2.77. The highest BCUT2D eigenvalue weighted by atomic mass is 35.5. The molecule has 0 saturated carbocycles. The van der Waals surface area contributed by atoms with Gasteiger partial charge in [-0.2, -0.15) is 0 Å². The van der Waals surface area contributed by atoms with Crippen molar-refractivity contribution in [3.8, 4) is 5.75 Å². The summed E-state index contributed by atoms with van der Waals surface area (Å²) >= 11 is 0. The number of ether oxygens (including phenoxy) is 1. The standard InChI is InChI=1S/C24H30N4O3.ClH/c1-26-21-11-8-19(15-22(21)27(2)24(26)30)17-31-20-9-6-18(7-10-20)16-25-12-4-14-28-13-3-5-23(28)29;/h6-11,15,25H,3-5,12-14,16-17H2,1-2H3;1H. The van der Waals surface area contributed by atoms with Crippen molar-refractivity contribution in [2.24, 2.45) is 14.1 Å². The Morgan fingerprint density at radius 3 is 2.41 bits per heavy atom. The summed E-state index contributed by atoms with van der Waals surface area (Å²) in [4.78, 5) is 25.6. The molecular formula is C24H31ClN4O3. The molecule has 0 atom stereocenters. The van der Waals surface area contributed by atoms with Crippen molar-refractivity contribution in [1.29, 1.82) is 0 Å². The first-order chi connectivity index (χ1) is 15.0. The molecule has 7 nitrogen and oxygen atoms in total. The Kier molecular flexibility index (Phi) is 7.99. The minimum atomic E-state index is -0.0261. The van der Waals surface area contributed by atoms with E-state index in [1.54, 1.807) is 23.2 Å². The Bertz CT molecular complexity index is 1120. The minimum absolute atomic E-state index is 0. The summed E-state index contributed by atoms with van der Waals surface area (Å²) in [7, 11) is 3.57. The third kappa shape index (κ3) is 5.34. The van der Waals surface area contributed by atoms with Crippen LogP contribution in [0.3, 0.4) is 0 Å². The molecule has 0 radical (unpaired) electrons. The van der Waals surface area contributed by atoms with Crippen LogP contribution in [0, 0.1) is 0 Å². The number of hydrogen-bond acceptors (Lipinski definition) is 4. The highest BCUT2D eigenvalue weighted by Gasteiger charge is 2.18. The number of fused-ring (bicyclic) bond motifs is 1. The first-order valence-corrected chi connectivity index (χ1v) is 10.9. The lowest BCUT2D eigenvalue weighted by Crippen LogP contribution is -2.28. The monoisotopic (exact) mass is 458 g/mol. The number of carbonyl (C=O) groups is 1. The fourth-order valence-electron chi connectivity index (χ4n) is 4.08. The van der Waals surface area contributed by atoms with Gasteiger partial charge in [-0.15, -0.1) is 12.4 Å². The third-order valence-electron chi connectivity index (χ3n) is 5.95. The van der Waals surface area contributed by atoms with E-state index in [-0.39, 0.29) is 18.1 Å². The summed E-state index contributed by atoms with van der Waals surface area (Å²) in [6, 6.07) is 14.1. The number of rotatable bonds is 9. The minimum Gasteiger partial charge on any atom is -0.489 e. The highest BCUT2D eigenvalue weighted by Crippen LogP contribution is 2.18. The first-order valence-electron chi connectivity index (χ1n) is 10.9. The van der Waals surface area contributed by atoms with Crippen molar-refractivity contribution >= 4 is 29.3 Å². The van der Waals surface area contributed by atoms with E-state index in [0.717, 1.165) is 61.4 Å². The molecule has 1 saturated heterocycles. The van der Waals surface area contributed by atoms with Gasteiger partial charge in [-0.3, -0.25) is 13.9 Å². The molecule has 172 valence electrons. The van der Waals surface area contributed by atoms with E-state index in [1.165, 1.54) is 5.56 Å². The van der Waals surface area contributed by atoms with Crippen LogP contribution in [0.4, 0.5) is 0 Å². The average molecular weight is 459 g/mol. The van der Waals surface area contributed by atoms with Gasteiger partial charge in [0, 0.05) is 40.2 Å². The van der Waals surface area contributed by atoms with Crippen molar-refractivity contribution in [3.63, 3.8) is 0 Å². The second-order valence-electron chi connectivity index (χ2n) is 8.17. The number of benzene rings is 2. The van der Waals surface area contributed by atoms with E-state index < -0.39 is 0 Å². The summed E-state index contributed by atoms with van der Waals surface area (Å²) in [6.07, 6.45) is 2.69. The van der Waals surface area contributed by atoms with Gasteiger partial charge < -0.3 is 15.0 Å². The number of nitrogens with zero attached hydrogens (tertiary/aromatic N) is 3. The molecule has 1 aliphatic rings. The number of nitrogens with one attached hydrogen (secondary N) is 1. The van der Waals surface area contributed by atoms with Crippen LogP contribution in [-0.2, 0) is 32.0 Å². The molecule has 0 unspecified atom stereocenters. The molecular weight excluding hydrogens is 428 g/mol. The van der Waals surface area contributed by atoms with E-state index in [1.807, 2.05) is 35.2 Å². The predicted octanol–water partition coefficient (Wildman–Crippen LogP) is 2.98. The zero-order valence-corrected chi connectivity index (χ0v) is 19.5. The number of amides is 1. The molecule has 1 aliphatic heterocycles. The predicted molar refractivity (Wildman–Crippen MR) is 128 cm³/mol. The van der Waals surface area contributed by atoms with Crippen LogP contribution in [0.25, 0.3) is 11.0 Å². The van der Waals surface area contributed by atoms with Gasteiger partial charge in [-0.1, -0.05) is 18.2 Å². The number of imidazole rings is 1. The van der Waals surface area contributed by atoms with Crippen molar-refractivity contribution in [2.75, 3.05) is 19.6 Å². The maximum atomic E-state index is 12.1. The molecule has 0 spiro atoms. The van der Waals surface area contributed by atoms with Crippen LogP contribution >= 0.6 is 12.4 Å². The largest absolute Gasteiger partial charge is 0.489 e. The van der Waals surface area contributed by atoms with E-state index in [0.29, 0.717) is 18.9 Å². The number of likely N-dealkylation sites (tertiary alicyclic amines) is 1. The number of aromatic nitrogens is 2. The van der Waals surface area contributed by atoms with Crippen LogP contribution in [0.2, 0.25) is 0 Å². The van der Waals surface area contributed by atoms with E-state index in [9.17, 15) is 9.59 Å². The summed E-state index contributed by atoms with van der Waals surface area (Å²) < 4.78 is 9.24. The van der Waals surface area contributed by atoms with Crippen molar-refractivity contribution in [3.05, 3.63) is 64.1 Å². The van der Waals surface area contributed by atoms with E-state index in [2.05, 4.69) is 17.4 Å². The van der Waals surface area contributed by atoms with Crippen LogP contribution in [-0.4, -0.2) is 39.6 Å².